The van der Waals surface area contributed by atoms with Crippen molar-refractivity contribution in [1.82, 2.24) is 0 Å². The van der Waals surface area contributed by atoms with E-state index in [9.17, 15) is 17.6 Å². The lowest BCUT2D eigenvalue weighted by molar-refractivity contribution is -0.137. The summed E-state index contributed by atoms with van der Waals surface area (Å²) in [5.74, 6) is -0.364. The molecule has 1 nitrogen and oxygen atoms in total. The van der Waals surface area contributed by atoms with Gasteiger partial charge in [-0.15, -0.1) is 0 Å². The van der Waals surface area contributed by atoms with Gasteiger partial charge in [-0.1, -0.05) is 18.2 Å². The highest BCUT2D eigenvalue weighted by atomic mass is 19.4. The number of rotatable bonds is 3. The fourth-order valence-corrected chi connectivity index (χ4v) is 1.61. The molecule has 0 amide bonds. The van der Waals surface area contributed by atoms with Crippen LogP contribution in [0.15, 0.2) is 48.5 Å². The molecule has 2 aromatic rings. The first-order chi connectivity index (χ1) is 8.95. The third kappa shape index (κ3) is 3.71. The van der Waals surface area contributed by atoms with E-state index in [1.807, 2.05) is 0 Å². The van der Waals surface area contributed by atoms with Gasteiger partial charge in [-0.25, -0.2) is 4.39 Å². The van der Waals surface area contributed by atoms with Crippen LogP contribution in [0.3, 0.4) is 0 Å². The van der Waals surface area contributed by atoms with Crippen LogP contribution in [0.2, 0.25) is 0 Å². The predicted octanol–water partition coefficient (Wildman–Crippen LogP) is 4.46. The van der Waals surface area contributed by atoms with Gasteiger partial charge < -0.3 is 5.32 Å². The largest absolute Gasteiger partial charge is 0.416 e. The molecule has 0 spiro atoms. The Hall–Kier alpha value is -2.04. The maximum Gasteiger partial charge on any atom is 0.416 e. The van der Waals surface area contributed by atoms with Crippen LogP contribution in [0.1, 0.15) is 11.1 Å². The Kier molecular flexibility index (Phi) is 3.74. The molecule has 0 aliphatic heterocycles. The van der Waals surface area contributed by atoms with Crippen molar-refractivity contribution in [2.45, 2.75) is 12.7 Å². The molecule has 0 aromatic heterocycles. The Labute approximate surface area is 107 Å². The van der Waals surface area contributed by atoms with Crippen LogP contribution in [-0.4, -0.2) is 0 Å². The minimum atomic E-state index is -4.32. The molecule has 0 aliphatic carbocycles. The third-order valence-electron chi connectivity index (χ3n) is 2.60. The minimum Gasteiger partial charge on any atom is -0.381 e. The Balaban J connectivity index is 2.01. The summed E-state index contributed by atoms with van der Waals surface area (Å²) in [6.07, 6.45) is -4.32. The maximum atomic E-state index is 12.9. The third-order valence-corrected chi connectivity index (χ3v) is 2.60. The molecule has 0 radical (unpaired) electrons. The smallest absolute Gasteiger partial charge is 0.381 e. The highest BCUT2D eigenvalue weighted by Gasteiger charge is 2.29. The molecule has 1 N–H and O–H groups in total. The van der Waals surface area contributed by atoms with Gasteiger partial charge in [-0.05, 0) is 35.9 Å². The summed E-state index contributed by atoms with van der Waals surface area (Å²) >= 11 is 0. The van der Waals surface area contributed by atoms with Gasteiger partial charge in [-0.3, -0.25) is 0 Å². The van der Waals surface area contributed by atoms with Gasteiger partial charge in [-0.2, -0.15) is 13.2 Å². The quantitative estimate of drug-likeness (QED) is 0.811. The first-order valence-electron chi connectivity index (χ1n) is 5.61. The molecule has 2 aromatic carbocycles. The topological polar surface area (TPSA) is 12.0 Å². The van der Waals surface area contributed by atoms with E-state index < -0.39 is 11.7 Å². The molecule has 0 aliphatic rings. The number of nitrogens with one attached hydrogen (secondary N) is 1. The van der Waals surface area contributed by atoms with Gasteiger partial charge >= 0.3 is 6.18 Å². The Bertz CT molecular complexity index is 546. The summed E-state index contributed by atoms with van der Waals surface area (Å²) in [6.45, 7) is 0.335. The zero-order chi connectivity index (χ0) is 13.9. The van der Waals surface area contributed by atoms with Gasteiger partial charge in [0.05, 0.1) is 5.56 Å². The molecule has 5 heteroatoms. The van der Waals surface area contributed by atoms with Crippen LogP contribution in [0, 0.1) is 5.82 Å². The zero-order valence-electron chi connectivity index (χ0n) is 9.84. The molecule has 0 unspecified atom stereocenters. The zero-order valence-corrected chi connectivity index (χ0v) is 9.84. The predicted molar refractivity (Wildman–Crippen MR) is 65.2 cm³/mol. The van der Waals surface area contributed by atoms with Crippen LogP contribution in [0.4, 0.5) is 23.2 Å². The van der Waals surface area contributed by atoms with Gasteiger partial charge in [0.15, 0.2) is 0 Å². The first kappa shape index (κ1) is 13.4. The molecule has 19 heavy (non-hydrogen) atoms. The summed E-state index contributed by atoms with van der Waals surface area (Å²) in [4.78, 5) is 0. The summed E-state index contributed by atoms with van der Waals surface area (Å²) in [7, 11) is 0. The van der Waals surface area contributed by atoms with Crippen molar-refractivity contribution in [3.63, 3.8) is 0 Å². The fourth-order valence-electron chi connectivity index (χ4n) is 1.61. The van der Waals surface area contributed by atoms with E-state index in [1.54, 1.807) is 12.1 Å². The minimum absolute atomic E-state index is 0.335. The highest BCUT2D eigenvalue weighted by Crippen LogP contribution is 2.29. The Morgan fingerprint density at radius 1 is 0.947 bits per heavy atom. The average molecular weight is 269 g/mol. The van der Waals surface area contributed by atoms with Crippen LogP contribution >= 0.6 is 0 Å². The van der Waals surface area contributed by atoms with Crippen LogP contribution in [0.25, 0.3) is 0 Å². The van der Waals surface area contributed by atoms with E-state index in [-0.39, 0.29) is 5.82 Å². The summed E-state index contributed by atoms with van der Waals surface area (Å²) in [6, 6.07) is 10.8. The maximum absolute atomic E-state index is 12.9. The van der Waals surface area contributed by atoms with Crippen molar-refractivity contribution < 1.29 is 17.6 Å². The van der Waals surface area contributed by atoms with Crippen molar-refractivity contribution >= 4 is 5.69 Å². The number of hydrogen-bond acceptors (Lipinski definition) is 1. The van der Waals surface area contributed by atoms with Crippen molar-refractivity contribution in [3.8, 4) is 0 Å². The molecular formula is C14H11F4N. The SMILES string of the molecule is Fc1cccc(NCc2ccc(C(F)(F)F)cc2)c1. The fraction of sp³-hybridized carbons (Fsp3) is 0.143. The molecule has 100 valence electrons. The van der Waals surface area contributed by atoms with Gasteiger partial charge in [0.2, 0.25) is 0 Å². The van der Waals surface area contributed by atoms with E-state index in [0.29, 0.717) is 17.8 Å². The van der Waals surface area contributed by atoms with Crippen LogP contribution in [-0.2, 0) is 12.7 Å². The molecule has 0 fully saturated rings. The van der Waals surface area contributed by atoms with Crippen molar-refractivity contribution in [1.29, 1.82) is 0 Å². The van der Waals surface area contributed by atoms with E-state index in [1.165, 1.54) is 24.3 Å². The van der Waals surface area contributed by atoms with Crippen LogP contribution in [0.5, 0.6) is 0 Å². The highest BCUT2D eigenvalue weighted by molar-refractivity contribution is 5.43. The number of hydrogen-bond donors (Lipinski definition) is 1. The molecular weight excluding hydrogens is 258 g/mol. The van der Waals surface area contributed by atoms with Gasteiger partial charge in [0.25, 0.3) is 0 Å². The lowest BCUT2D eigenvalue weighted by atomic mass is 10.1. The molecule has 2 rings (SSSR count). The normalized spacial score (nSPS) is 11.4. The monoisotopic (exact) mass is 269 g/mol. The number of halogens is 4. The summed E-state index contributed by atoms with van der Waals surface area (Å²) in [5, 5.41) is 2.94. The second-order valence-corrected chi connectivity index (χ2v) is 4.06. The lowest BCUT2D eigenvalue weighted by Gasteiger charge is -2.09. The van der Waals surface area contributed by atoms with Crippen LogP contribution < -0.4 is 5.32 Å². The standard InChI is InChI=1S/C14H11F4N/c15-12-2-1-3-13(8-12)19-9-10-4-6-11(7-5-10)14(16,17)18/h1-8,19H,9H2. The van der Waals surface area contributed by atoms with Crippen molar-refractivity contribution in [2.24, 2.45) is 0 Å². The molecule has 0 bridgehead atoms. The molecule has 0 heterocycles. The number of benzene rings is 2. The van der Waals surface area contributed by atoms with E-state index in [2.05, 4.69) is 5.32 Å². The number of alkyl halides is 3. The Morgan fingerprint density at radius 3 is 2.21 bits per heavy atom. The average Bonchev–Trinajstić information content (AvgIpc) is 2.36. The molecule has 0 saturated carbocycles. The summed E-state index contributed by atoms with van der Waals surface area (Å²) < 4.78 is 50.0. The van der Waals surface area contributed by atoms with E-state index in [0.717, 1.165) is 12.1 Å². The van der Waals surface area contributed by atoms with E-state index in [4.69, 9.17) is 0 Å². The second-order valence-electron chi connectivity index (χ2n) is 4.06. The molecule has 0 saturated heterocycles. The van der Waals surface area contributed by atoms with Crippen molar-refractivity contribution in [2.75, 3.05) is 5.32 Å². The second kappa shape index (κ2) is 5.30. The first-order valence-corrected chi connectivity index (χ1v) is 5.61. The van der Waals surface area contributed by atoms with Gasteiger partial charge in [0.1, 0.15) is 5.82 Å². The van der Waals surface area contributed by atoms with Gasteiger partial charge in [0, 0.05) is 12.2 Å². The summed E-state index contributed by atoms with van der Waals surface area (Å²) in [5.41, 5.74) is 0.596. The van der Waals surface area contributed by atoms with E-state index >= 15 is 0 Å². The number of anilines is 1. The van der Waals surface area contributed by atoms with Crippen molar-refractivity contribution in [3.05, 3.63) is 65.5 Å². The molecule has 0 atom stereocenters. The lowest BCUT2D eigenvalue weighted by Crippen LogP contribution is -2.05. The Morgan fingerprint density at radius 2 is 1.63 bits per heavy atom.